The van der Waals surface area contributed by atoms with Gasteiger partial charge >= 0.3 is 0 Å². The minimum absolute atomic E-state index is 0.137. The van der Waals surface area contributed by atoms with Crippen molar-refractivity contribution in [2.75, 3.05) is 24.9 Å². The number of amides is 1. The van der Waals surface area contributed by atoms with E-state index in [4.69, 9.17) is 9.47 Å². The number of hydrogen-bond donors (Lipinski definition) is 0. The van der Waals surface area contributed by atoms with Crippen LogP contribution in [-0.2, 0) is 4.79 Å². The number of carbonyl (C=O) groups is 1. The zero-order valence-electron chi connectivity index (χ0n) is 14.9. The average Bonchev–Trinajstić information content (AvgIpc) is 2.98. The first-order valence-electron chi connectivity index (χ1n) is 8.22. The summed E-state index contributed by atoms with van der Waals surface area (Å²) < 4.78 is 10.4. The zero-order valence-corrected chi connectivity index (χ0v) is 15.7. The Kier molecular flexibility index (Phi) is 5.63. The molecule has 26 heavy (non-hydrogen) atoms. The lowest BCUT2D eigenvalue weighted by atomic mass is 10.2. The molecule has 0 aromatic heterocycles. The summed E-state index contributed by atoms with van der Waals surface area (Å²) in [6, 6.07) is 14.9. The van der Waals surface area contributed by atoms with Crippen LogP contribution in [0, 0.1) is 0 Å². The summed E-state index contributed by atoms with van der Waals surface area (Å²) >= 11 is 1.54. The van der Waals surface area contributed by atoms with Gasteiger partial charge in [-0.3, -0.25) is 9.69 Å². The van der Waals surface area contributed by atoms with Crippen LogP contribution in [0.3, 0.4) is 0 Å². The molecule has 0 saturated carbocycles. The molecule has 1 aliphatic rings. The quantitative estimate of drug-likeness (QED) is 0.742. The average molecular weight is 368 g/mol. The maximum Gasteiger partial charge on any atom is 0.283 e. The first kappa shape index (κ1) is 18.1. The Morgan fingerprint density at radius 2 is 1.58 bits per heavy atom. The van der Waals surface area contributed by atoms with Crippen LogP contribution in [0.25, 0.3) is 6.08 Å². The molecule has 1 heterocycles. The normalized spacial score (nSPS) is 15.3. The Labute approximate surface area is 157 Å². The van der Waals surface area contributed by atoms with Crippen molar-refractivity contribution in [3.8, 4) is 11.5 Å². The number of nitrogens with zero attached hydrogens (tertiary/aromatic N) is 2. The van der Waals surface area contributed by atoms with Crippen molar-refractivity contribution >= 4 is 34.6 Å². The number of methoxy groups -OCH3 is 2. The molecule has 0 atom stereocenters. The molecule has 0 aliphatic carbocycles. The molecule has 1 amide bonds. The molecule has 2 aromatic carbocycles. The van der Waals surface area contributed by atoms with Crippen molar-refractivity contribution in [3.05, 3.63) is 59.8 Å². The number of carbonyl (C=O) groups excluding carboxylic acids is 1. The maximum absolute atomic E-state index is 12.9. The molecule has 5 nitrogen and oxygen atoms in total. The third-order valence-electron chi connectivity index (χ3n) is 3.85. The number of anilines is 1. The number of rotatable bonds is 5. The van der Waals surface area contributed by atoms with Crippen LogP contribution in [0.4, 0.5) is 5.69 Å². The lowest BCUT2D eigenvalue weighted by molar-refractivity contribution is -0.113. The van der Waals surface area contributed by atoms with Crippen molar-refractivity contribution in [1.82, 2.24) is 0 Å². The summed E-state index contributed by atoms with van der Waals surface area (Å²) in [6.45, 7) is 2.04. The molecule has 3 rings (SSSR count). The van der Waals surface area contributed by atoms with E-state index >= 15 is 0 Å². The highest BCUT2D eigenvalue weighted by Gasteiger charge is 2.31. The molecule has 134 valence electrons. The van der Waals surface area contributed by atoms with Gasteiger partial charge in [0, 0.05) is 0 Å². The van der Waals surface area contributed by atoms with Crippen LogP contribution >= 0.6 is 11.8 Å². The molecule has 1 aliphatic heterocycles. The minimum Gasteiger partial charge on any atom is -0.497 e. The monoisotopic (exact) mass is 368 g/mol. The lowest BCUT2D eigenvalue weighted by Gasteiger charge is -2.17. The molecule has 0 fully saturated rings. The van der Waals surface area contributed by atoms with Crippen molar-refractivity contribution in [2.45, 2.75) is 6.92 Å². The Morgan fingerprint density at radius 3 is 2.12 bits per heavy atom. The summed E-state index contributed by atoms with van der Waals surface area (Å²) in [5.74, 6) is 2.21. The van der Waals surface area contributed by atoms with E-state index in [1.54, 1.807) is 25.2 Å². The van der Waals surface area contributed by atoms with Gasteiger partial charge in [-0.05, 0) is 53.8 Å². The second-order valence-electron chi connectivity index (χ2n) is 5.47. The van der Waals surface area contributed by atoms with Crippen LogP contribution in [0.1, 0.15) is 12.5 Å². The lowest BCUT2D eigenvalue weighted by Crippen LogP contribution is -2.30. The van der Waals surface area contributed by atoms with Crippen LogP contribution in [0.2, 0.25) is 0 Å². The minimum atomic E-state index is -0.137. The van der Waals surface area contributed by atoms with Gasteiger partial charge < -0.3 is 9.47 Å². The Bertz CT molecular complexity index is 842. The maximum atomic E-state index is 12.9. The molecular formula is C20H20N2O3S. The van der Waals surface area contributed by atoms with E-state index < -0.39 is 0 Å². The smallest absolute Gasteiger partial charge is 0.283 e. The first-order valence-corrected chi connectivity index (χ1v) is 9.20. The van der Waals surface area contributed by atoms with Gasteiger partial charge in [0.05, 0.1) is 19.9 Å². The van der Waals surface area contributed by atoms with Gasteiger partial charge in [-0.2, -0.15) is 0 Å². The van der Waals surface area contributed by atoms with E-state index in [1.165, 1.54) is 11.8 Å². The molecule has 0 bridgehead atoms. The fourth-order valence-electron chi connectivity index (χ4n) is 2.54. The molecular weight excluding hydrogens is 348 g/mol. The fourth-order valence-corrected chi connectivity index (χ4v) is 3.28. The summed E-state index contributed by atoms with van der Waals surface area (Å²) in [6.07, 6.45) is 1.79. The molecule has 0 N–H and O–H groups in total. The number of aliphatic imine (C=N–C) groups is 1. The number of benzene rings is 2. The number of ether oxygens (including phenoxy) is 2. The van der Waals surface area contributed by atoms with Gasteiger partial charge in [-0.15, -0.1) is 0 Å². The molecule has 0 radical (unpaired) electrons. The SMILES string of the molecule is CCSC1=NC(=Cc2ccc(OC)cc2)C(=O)N1c1ccc(OC)cc1. The van der Waals surface area contributed by atoms with E-state index in [9.17, 15) is 4.79 Å². The summed E-state index contributed by atoms with van der Waals surface area (Å²) in [5.41, 5.74) is 2.09. The molecule has 0 spiro atoms. The molecule has 6 heteroatoms. The van der Waals surface area contributed by atoms with Crippen molar-refractivity contribution in [2.24, 2.45) is 4.99 Å². The third-order valence-corrected chi connectivity index (χ3v) is 4.67. The van der Waals surface area contributed by atoms with Gasteiger partial charge in [0.2, 0.25) is 0 Å². The topological polar surface area (TPSA) is 51.1 Å². The second kappa shape index (κ2) is 8.10. The van der Waals surface area contributed by atoms with Gasteiger partial charge in [-0.1, -0.05) is 30.8 Å². The number of hydrogen-bond acceptors (Lipinski definition) is 5. The number of amidine groups is 1. The highest BCUT2D eigenvalue weighted by Crippen LogP contribution is 2.30. The third kappa shape index (κ3) is 3.75. The van der Waals surface area contributed by atoms with Crippen LogP contribution < -0.4 is 14.4 Å². The fraction of sp³-hybridized carbons (Fsp3) is 0.200. The van der Waals surface area contributed by atoms with Crippen molar-refractivity contribution in [3.63, 3.8) is 0 Å². The molecule has 0 saturated heterocycles. The molecule has 0 unspecified atom stereocenters. The van der Waals surface area contributed by atoms with Gasteiger partial charge in [0.1, 0.15) is 17.2 Å². The highest BCUT2D eigenvalue weighted by molar-refractivity contribution is 8.14. The Hall–Kier alpha value is -2.73. The first-order chi connectivity index (χ1) is 12.7. The Morgan fingerprint density at radius 1 is 1.00 bits per heavy atom. The van der Waals surface area contributed by atoms with E-state index in [2.05, 4.69) is 4.99 Å². The van der Waals surface area contributed by atoms with Crippen molar-refractivity contribution in [1.29, 1.82) is 0 Å². The predicted octanol–water partition coefficient (Wildman–Crippen LogP) is 4.20. The number of thioether (sulfide) groups is 1. The second-order valence-corrected chi connectivity index (χ2v) is 6.70. The predicted molar refractivity (Wildman–Crippen MR) is 107 cm³/mol. The standard InChI is InChI=1S/C20H20N2O3S/c1-4-26-20-21-18(13-14-5-9-16(24-2)10-6-14)19(23)22(20)15-7-11-17(25-3)12-8-15/h5-13H,4H2,1-3H3. The van der Waals surface area contributed by atoms with E-state index in [0.29, 0.717) is 10.9 Å². The van der Waals surface area contributed by atoms with Crippen LogP contribution in [0.5, 0.6) is 11.5 Å². The van der Waals surface area contributed by atoms with E-state index in [-0.39, 0.29) is 5.91 Å². The van der Waals surface area contributed by atoms with E-state index in [1.807, 2.05) is 55.5 Å². The van der Waals surface area contributed by atoms with Crippen LogP contribution in [0.15, 0.2) is 59.2 Å². The van der Waals surface area contributed by atoms with Gasteiger partial charge in [-0.25, -0.2) is 4.99 Å². The largest absolute Gasteiger partial charge is 0.497 e. The zero-order chi connectivity index (χ0) is 18.5. The summed E-state index contributed by atoms with van der Waals surface area (Å²) in [4.78, 5) is 19.1. The highest BCUT2D eigenvalue weighted by atomic mass is 32.2. The van der Waals surface area contributed by atoms with Crippen LogP contribution in [-0.4, -0.2) is 31.0 Å². The van der Waals surface area contributed by atoms with Gasteiger partial charge in [0.25, 0.3) is 5.91 Å². The molecule has 2 aromatic rings. The Balaban J connectivity index is 1.92. The van der Waals surface area contributed by atoms with Gasteiger partial charge in [0.15, 0.2) is 5.17 Å². The van der Waals surface area contributed by atoms with Crippen molar-refractivity contribution < 1.29 is 14.3 Å². The summed E-state index contributed by atoms with van der Waals surface area (Å²) in [7, 11) is 3.24. The van der Waals surface area contributed by atoms with E-state index in [0.717, 1.165) is 28.5 Å². The summed E-state index contributed by atoms with van der Waals surface area (Å²) in [5, 5.41) is 0.683.